The van der Waals surface area contributed by atoms with Crippen molar-refractivity contribution in [2.75, 3.05) is 0 Å². The molecule has 0 aliphatic carbocycles. The van der Waals surface area contributed by atoms with Crippen LogP contribution in [0.5, 0.6) is 0 Å². The van der Waals surface area contributed by atoms with Gasteiger partial charge in [0.25, 0.3) is 0 Å². The van der Waals surface area contributed by atoms with Gasteiger partial charge in [-0.05, 0) is 6.42 Å². The molecule has 0 aromatic rings. The lowest BCUT2D eigenvalue weighted by Crippen LogP contribution is -2.74. The second-order valence-electron chi connectivity index (χ2n) is 7.42. The average molecular weight is 528 g/mol. The van der Waals surface area contributed by atoms with Crippen molar-refractivity contribution in [3.05, 3.63) is 0 Å². The van der Waals surface area contributed by atoms with Crippen molar-refractivity contribution < 1.29 is 70.2 Å². The van der Waals surface area contributed by atoms with Crippen molar-refractivity contribution in [2.45, 2.75) is 106 Å². The van der Waals surface area contributed by atoms with E-state index in [9.17, 15) is 70.2 Å². The quantitative estimate of drug-likeness (QED) is 0.156. The van der Waals surface area contributed by atoms with Crippen molar-refractivity contribution >= 4 is 0 Å². The summed E-state index contributed by atoms with van der Waals surface area (Å²) in [6, 6.07) is 0. The van der Waals surface area contributed by atoms with E-state index >= 15 is 0 Å². The fourth-order valence-electron chi connectivity index (χ4n) is 2.65. The molecule has 33 heavy (non-hydrogen) atoms. The predicted molar refractivity (Wildman–Crippen MR) is 83.2 cm³/mol. The monoisotopic (exact) mass is 528 g/mol. The van der Waals surface area contributed by atoms with E-state index in [0.29, 0.717) is 13.3 Å². The summed E-state index contributed by atoms with van der Waals surface area (Å²) in [6.45, 7) is 2.13. The second kappa shape index (κ2) is 9.50. The first-order valence-electron chi connectivity index (χ1n) is 9.40. The molecule has 0 radical (unpaired) electrons. The predicted octanol–water partition coefficient (Wildman–Crippen LogP) is 8.84. The molecule has 0 aliphatic rings. The molecule has 0 aromatic heterocycles. The van der Waals surface area contributed by atoms with Gasteiger partial charge in [-0.1, -0.05) is 39.5 Å². The van der Waals surface area contributed by atoms with Crippen molar-refractivity contribution in [2.24, 2.45) is 0 Å². The van der Waals surface area contributed by atoms with Gasteiger partial charge in [-0.15, -0.1) is 0 Å². The molecule has 200 valence electrons. The molecular weight excluding hydrogens is 508 g/mol. The highest BCUT2D eigenvalue weighted by molar-refractivity contribution is 5.15. The number of alkyl halides is 16. The maximum absolute atomic E-state index is 13.7. The maximum atomic E-state index is 13.7. The summed E-state index contributed by atoms with van der Waals surface area (Å²) in [6.07, 6.45) is -6.66. The van der Waals surface area contributed by atoms with Gasteiger partial charge in [0.05, 0.1) is 0 Å². The summed E-state index contributed by atoms with van der Waals surface area (Å²) in [5.41, 5.74) is 0. The molecule has 0 amide bonds. The molecule has 0 atom stereocenters. The van der Waals surface area contributed by atoms with E-state index in [1.165, 1.54) is 6.92 Å². The van der Waals surface area contributed by atoms with E-state index in [2.05, 4.69) is 0 Å². The Hall–Kier alpha value is -1.12. The molecular formula is C17H20F16. The molecule has 0 saturated heterocycles. The van der Waals surface area contributed by atoms with E-state index in [4.69, 9.17) is 0 Å². The molecule has 0 spiro atoms. The normalized spacial score (nSPS) is 15.8. The fourth-order valence-corrected chi connectivity index (χ4v) is 2.65. The van der Waals surface area contributed by atoms with Crippen LogP contribution in [0.4, 0.5) is 70.2 Å². The van der Waals surface area contributed by atoms with Crippen LogP contribution in [0, 0.1) is 0 Å². The standard InChI is InChI=1S/C17H20F16/c1-3-5-6-7-9-11(20,21)13(24,25)15(28,29)17(32,33)16(30,31)14(26,27)12(22,23)10(18,19)8-4-2/h3-9H2,1-2H3. The van der Waals surface area contributed by atoms with Crippen molar-refractivity contribution in [1.82, 2.24) is 0 Å². The zero-order chi connectivity index (χ0) is 26.9. The van der Waals surface area contributed by atoms with Gasteiger partial charge >= 0.3 is 47.4 Å². The summed E-state index contributed by atoms with van der Waals surface area (Å²) in [4.78, 5) is 0. The highest BCUT2D eigenvalue weighted by atomic mass is 19.4. The Labute approximate surface area is 177 Å². The van der Waals surface area contributed by atoms with Crippen LogP contribution in [0.1, 0.15) is 58.8 Å². The van der Waals surface area contributed by atoms with Gasteiger partial charge < -0.3 is 0 Å². The van der Waals surface area contributed by atoms with E-state index in [1.54, 1.807) is 0 Å². The van der Waals surface area contributed by atoms with Crippen LogP contribution in [-0.4, -0.2) is 47.4 Å². The first kappa shape index (κ1) is 31.9. The third-order valence-corrected chi connectivity index (χ3v) is 4.80. The number of hydrogen-bond acceptors (Lipinski definition) is 0. The third-order valence-electron chi connectivity index (χ3n) is 4.80. The zero-order valence-electron chi connectivity index (χ0n) is 17.0. The van der Waals surface area contributed by atoms with E-state index in [-0.39, 0.29) is 12.8 Å². The van der Waals surface area contributed by atoms with Gasteiger partial charge in [-0.2, -0.15) is 70.2 Å². The van der Waals surface area contributed by atoms with Crippen LogP contribution in [0.2, 0.25) is 0 Å². The molecule has 0 N–H and O–H groups in total. The van der Waals surface area contributed by atoms with Crippen molar-refractivity contribution in [1.29, 1.82) is 0 Å². The number of halogens is 16. The van der Waals surface area contributed by atoms with E-state index in [0.717, 1.165) is 0 Å². The van der Waals surface area contributed by atoms with Gasteiger partial charge in [0, 0.05) is 12.8 Å². The first-order valence-corrected chi connectivity index (χ1v) is 9.40. The molecule has 0 unspecified atom stereocenters. The van der Waals surface area contributed by atoms with Crippen LogP contribution in [-0.2, 0) is 0 Å². The molecule has 0 fully saturated rings. The van der Waals surface area contributed by atoms with Gasteiger partial charge in [-0.3, -0.25) is 0 Å². The average Bonchev–Trinajstić information content (AvgIpc) is 2.64. The Morgan fingerprint density at radius 3 is 0.939 bits per heavy atom. The lowest BCUT2D eigenvalue weighted by Gasteiger charge is -2.43. The van der Waals surface area contributed by atoms with Gasteiger partial charge in [0.1, 0.15) is 0 Å². The maximum Gasteiger partial charge on any atom is 0.384 e. The Balaban J connectivity index is 6.45. The van der Waals surface area contributed by atoms with Gasteiger partial charge in [-0.25, -0.2) is 0 Å². The molecule has 0 saturated carbocycles. The number of hydrogen-bond donors (Lipinski definition) is 0. The van der Waals surface area contributed by atoms with Crippen molar-refractivity contribution in [3.63, 3.8) is 0 Å². The van der Waals surface area contributed by atoms with Crippen LogP contribution in [0.3, 0.4) is 0 Å². The Morgan fingerprint density at radius 1 is 0.333 bits per heavy atom. The minimum atomic E-state index is -8.33. The molecule has 0 nitrogen and oxygen atoms in total. The van der Waals surface area contributed by atoms with Crippen LogP contribution < -0.4 is 0 Å². The van der Waals surface area contributed by atoms with Crippen LogP contribution in [0.25, 0.3) is 0 Å². The third kappa shape index (κ3) is 4.85. The largest absolute Gasteiger partial charge is 0.384 e. The minimum Gasteiger partial charge on any atom is -0.200 e. The minimum absolute atomic E-state index is 0.0829. The fraction of sp³-hybridized carbons (Fsp3) is 1.00. The number of unbranched alkanes of at least 4 members (excludes halogenated alkanes) is 3. The molecule has 16 heteroatoms. The van der Waals surface area contributed by atoms with Crippen molar-refractivity contribution in [3.8, 4) is 0 Å². The summed E-state index contributed by atoms with van der Waals surface area (Å²) in [5.74, 6) is -60.1. The Kier molecular flexibility index (Phi) is 9.17. The van der Waals surface area contributed by atoms with E-state index in [1.807, 2.05) is 0 Å². The van der Waals surface area contributed by atoms with Crippen LogP contribution in [0.15, 0.2) is 0 Å². The number of rotatable bonds is 14. The highest BCUT2D eigenvalue weighted by Gasteiger charge is 2.94. The smallest absolute Gasteiger partial charge is 0.200 e. The lowest BCUT2D eigenvalue weighted by molar-refractivity contribution is -0.453. The summed E-state index contributed by atoms with van der Waals surface area (Å²) < 4.78 is 217. The molecule has 0 aliphatic heterocycles. The summed E-state index contributed by atoms with van der Waals surface area (Å²) >= 11 is 0. The van der Waals surface area contributed by atoms with Crippen LogP contribution >= 0.6 is 0 Å². The topological polar surface area (TPSA) is 0 Å². The lowest BCUT2D eigenvalue weighted by atomic mass is 9.86. The van der Waals surface area contributed by atoms with Gasteiger partial charge in [0.15, 0.2) is 0 Å². The summed E-state index contributed by atoms with van der Waals surface area (Å²) in [5, 5.41) is 0. The molecule has 0 rings (SSSR count). The van der Waals surface area contributed by atoms with Gasteiger partial charge in [0.2, 0.25) is 0 Å². The highest BCUT2D eigenvalue weighted by Crippen LogP contribution is 2.64. The summed E-state index contributed by atoms with van der Waals surface area (Å²) in [7, 11) is 0. The molecule has 0 bridgehead atoms. The second-order valence-corrected chi connectivity index (χ2v) is 7.42. The zero-order valence-corrected chi connectivity index (χ0v) is 17.0. The van der Waals surface area contributed by atoms with E-state index < -0.39 is 73.1 Å². The first-order chi connectivity index (χ1) is 14.4. The molecule has 0 heterocycles. The SMILES string of the molecule is CCCCCCC(F)(F)C(F)(F)C(F)(F)C(F)(F)C(F)(F)C(F)(F)C(F)(F)C(F)(F)CCC. The molecule has 0 aromatic carbocycles. The Morgan fingerprint density at radius 2 is 0.636 bits per heavy atom. The Bertz CT molecular complexity index is 637.